The van der Waals surface area contributed by atoms with Gasteiger partial charge in [0.2, 0.25) is 0 Å². The highest BCUT2D eigenvalue weighted by Gasteiger charge is 2.19. The molecular weight excluding hydrogens is 188 g/mol. The van der Waals surface area contributed by atoms with E-state index in [0.717, 1.165) is 0 Å². The Morgan fingerprint density at radius 2 is 2.14 bits per heavy atom. The lowest BCUT2D eigenvalue weighted by atomic mass is 10.1. The predicted molar refractivity (Wildman–Crippen MR) is 63.3 cm³/mol. The summed E-state index contributed by atoms with van der Waals surface area (Å²) in [6.45, 7) is 2.34. The van der Waals surface area contributed by atoms with Crippen molar-refractivity contribution >= 4 is 9.52 Å². The molecule has 0 aromatic carbocycles. The summed E-state index contributed by atoms with van der Waals surface area (Å²) in [5, 5.41) is 0. The third-order valence-electron chi connectivity index (χ3n) is 2.90. The zero-order valence-electron chi connectivity index (χ0n) is 8.78. The molecule has 1 heterocycles. The van der Waals surface area contributed by atoms with E-state index >= 15 is 0 Å². The van der Waals surface area contributed by atoms with E-state index in [9.17, 15) is 0 Å². The van der Waals surface area contributed by atoms with E-state index in [0.29, 0.717) is 11.8 Å². The molecule has 14 heavy (non-hydrogen) atoms. The van der Waals surface area contributed by atoms with Crippen LogP contribution in [0.15, 0.2) is 36.0 Å². The zero-order chi connectivity index (χ0) is 9.80. The molecule has 2 atom stereocenters. The normalized spacial score (nSPS) is 31.9. The molecular formula is C12H18OSi. The van der Waals surface area contributed by atoms with E-state index in [1.165, 1.54) is 24.8 Å². The fourth-order valence-corrected chi connectivity index (χ4v) is 3.20. The molecule has 0 radical (unpaired) electrons. The molecule has 2 heteroatoms. The van der Waals surface area contributed by atoms with Gasteiger partial charge < -0.3 is 4.74 Å². The zero-order valence-corrected chi connectivity index (χ0v) is 10.2. The Kier molecular flexibility index (Phi) is 3.38. The number of hydrogen-bond donors (Lipinski definition) is 0. The minimum Gasteiger partial charge on any atom is -0.375 e. The van der Waals surface area contributed by atoms with Crippen molar-refractivity contribution in [2.75, 3.05) is 0 Å². The summed E-state index contributed by atoms with van der Waals surface area (Å²) in [4.78, 5) is 0. The molecule has 76 valence electrons. The van der Waals surface area contributed by atoms with Gasteiger partial charge in [-0.3, -0.25) is 0 Å². The molecule has 2 rings (SSSR count). The largest absolute Gasteiger partial charge is 0.375 e. The molecule has 0 aromatic heterocycles. The molecule has 0 saturated carbocycles. The summed E-state index contributed by atoms with van der Waals surface area (Å²) in [6.07, 6.45) is 15.0. The molecule has 1 fully saturated rings. The van der Waals surface area contributed by atoms with Crippen molar-refractivity contribution in [3.63, 3.8) is 0 Å². The van der Waals surface area contributed by atoms with E-state index in [1.54, 1.807) is 0 Å². The Balaban J connectivity index is 1.94. The van der Waals surface area contributed by atoms with Gasteiger partial charge in [0, 0.05) is 5.73 Å². The van der Waals surface area contributed by atoms with Gasteiger partial charge in [0.25, 0.3) is 0 Å². The standard InChI is InChI=1S/C12H18OSi/c1-14-12-8-4-7-11(13-12)9-10-5-2-3-6-10/h2-3,5-6,9,11-12H,4,7-8,14H2,1H3. The van der Waals surface area contributed by atoms with E-state index in [1.807, 2.05) is 0 Å². The molecule has 1 nitrogen and oxygen atoms in total. The molecule has 1 saturated heterocycles. The van der Waals surface area contributed by atoms with Gasteiger partial charge in [-0.25, -0.2) is 0 Å². The summed E-state index contributed by atoms with van der Waals surface area (Å²) >= 11 is 0. The quantitative estimate of drug-likeness (QED) is 0.629. The first kappa shape index (κ1) is 9.93. The van der Waals surface area contributed by atoms with Crippen LogP contribution < -0.4 is 0 Å². The summed E-state index contributed by atoms with van der Waals surface area (Å²) < 4.78 is 6.02. The third-order valence-corrected chi connectivity index (χ3v) is 4.42. The first-order chi connectivity index (χ1) is 6.88. The van der Waals surface area contributed by atoms with Crippen LogP contribution in [-0.4, -0.2) is 21.4 Å². The first-order valence-corrected chi connectivity index (χ1v) is 7.83. The lowest BCUT2D eigenvalue weighted by molar-refractivity contribution is 0.0184. The summed E-state index contributed by atoms with van der Waals surface area (Å²) in [7, 11) is 0.0181. The lowest BCUT2D eigenvalue weighted by Crippen LogP contribution is -2.29. The number of rotatable bonds is 2. The van der Waals surface area contributed by atoms with Gasteiger partial charge in [-0.15, -0.1) is 0 Å². The van der Waals surface area contributed by atoms with Crippen molar-refractivity contribution in [1.82, 2.24) is 0 Å². The van der Waals surface area contributed by atoms with Crippen molar-refractivity contribution in [1.29, 1.82) is 0 Å². The molecule has 0 bridgehead atoms. The maximum atomic E-state index is 6.02. The van der Waals surface area contributed by atoms with Crippen LogP contribution in [0.5, 0.6) is 0 Å². The van der Waals surface area contributed by atoms with Gasteiger partial charge >= 0.3 is 0 Å². The van der Waals surface area contributed by atoms with E-state index in [-0.39, 0.29) is 9.52 Å². The molecule has 1 aliphatic carbocycles. The lowest BCUT2D eigenvalue weighted by Gasteiger charge is -2.27. The minimum absolute atomic E-state index is 0.0181. The van der Waals surface area contributed by atoms with Gasteiger partial charge in [-0.1, -0.05) is 30.9 Å². The van der Waals surface area contributed by atoms with E-state index in [4.69, 9.17) is 4.74 Å². The van der Waals surface area contributed by atoms with E-state index < -0.39 is 0 Å². The Bertz CT molecular complexity index is 264. The summed E-state index contributed by atoms with van der Waals surface area (Å²) in [6, 6.07) is 0. The Hall–Kier alpha value is -0.603. The molecule has 0 spiro atoms. The van der Waals surface area contributed by atoms with Gasteiger partial charge in [0.15, 0.2) is 0 Å². The SMILES string of the molecule is C[SiH2]C1CCCC(C=C2C=CC=C2)O1. The Morgan fingerprint density at radius 3 is 2.86 bits per heavy atom. The van der Waals surface area contributed by atoms with Gasteiger partial charge in [-0.2, -0.15) is 0 Å². The second-order valence-corrected chi connectivity index (χ2v) is 5.75. The summed E-state index contributed by atoms with van der Waals surface area (Å²) in [5.74, 6) is 0. The van der Waals surface area contributed by atoms with Crippen LogP contribution in [-0.2, 0) is 4.74 Å². The Morgan fingerprint density at radius 1 is 1.36 bits per heavy atom. The molecule has 2 unspecified atom stereocenters. The van der Waals surface area contributed by atoms with Crippen molar-refractivity contribution in [3.05, 3.63) is 36.0 Å². The Labute approximate surface area is 88.4 Å². The minimum atomic E-state index is 0.0181. The number of hydrogen-bond acceptors (Lipinski definition) is 1. The van der Waals surface area contributed by atoms with Crippen molar-refractivity contribution in [2.45, 2.75) is 37.6 Å². The average molecular weight is 206 g/mol. The van der Waals surface area contributed by atoms with Crippen molar-refractivity contribution in [3.8, 4) is 0 Å². The fourth-order valence-electron chi connectivity index (χ4n) is 2.07. The smallest absolute Gasteiger partial charge is 0.0763 e. The maximum absolute atomic E-state index is 6.02. The van der Waals surface area contributed by atoms with Crippen molar-refractivity contribution in [2.24, 2.45) is 0 Å². The van der Waals surface area contributed by atoms with Crippen LogP contribution in [0.4, 0.5) is 0 Å². The van der Waals surface area contributed by atoms with Crippen LogP contribution >= 0.6 is 0 Å². The third kappa shape index (κ3) is 2.46. The predicted octanol–water partition coefficient (Wildman–Crippen LogP) is 2.15. The van der Waals surface area contributed by atoms with Crippen LogP contribution in [0.1, 0.15) is 19.3 Å². The monoisotopic (exact) mass is 206 g/mol. The molecule has 0 aromatic rings. The number of allylic oxidation sites excluding steroid dienone is 5. The van der Waals surface area contributed by atoms with Gasteiger partial charge in [-0.05, 0) is 30.9 Å². The second-order valence-electron chi connectivity index (χ2n) is 4.02. The van der Waals surface area contributed by atoms with Crippen LogP contribution in [0.25, 0.3) is 0 Å². The molecule has 2 aliphatic rings. The maximum Gasteiger partial charge on any atom is 0.0763 e. The van der Waals surface area contributed by atoms with Gasteiger partial charge in [0.1, 0.15) is 0 Å². The average Bonchev–Trinajstić information content (AvgIpc) is 2.71. The highest BCUT2D eigenvalue weighted by molar-refractivity contribution is 6.35. The van der Waals surface area contributed by atoms with Crippen LogP contribution in [0.3, 0.4) is 0 Å². The van der Waals surface area contributed by atoms with Crippen molar-refractivity contribution < 1.29 is 4.74 Å². The number of ether oxygens (including phenoxy) is 1. The first-order valence-electron chi connectivity index (χ1n) is 5.60. The van der Waals surface area contributed by atoms with Crippen LogP contribution in [0, 0.1) is 0 Å². The van der Waals surface area contributed by atoms with Crippen LogP contribution in [0.2, 0.25) is 6.55 Å². The fraction of sp³-hybridized carbons (Fsp3) is 0.500. The second kappa shape index (κ2) is 4.76. The van der Waals surface area contributed by atoms with Gasteiger partial charge in [0.05, 0.1) is 15.6 Å². The molecule has 1 aliphatic heterocycles. The highest BCUT2D eigenvalue weighted by Crippen LogP contribution is 2.21. The topological polar surface area (TPSA) is 9.23 Å². The molecule has 0 amide bonds. The highest BCUT2D eigenvalue weighted by atomic mass is 28.2. The molecule has 0 N–H and O–H groups in total. The van der Waals surface area contributed by atoms with E-state index in [2.05, 4.69) is 36.9 Å². The summed E-state index contributed by atoms with van der Waals surface area (Å²) in [5.41, 5.74) is 1.94.